The molecule has 1 heterocycles. The predicted octanol–water partition coefficient (Wildman–Crippen LogP) is 3.23. The number of benzene rings is 2. The molecule has 4 saturated carbocycles. The number of nitrogens with one attached hydrogen (secondary N) is 1. The molecule has 1 unspecified atom stereocenters. The molecule has 1 aromatic heterocycles. The van der Waals surface area contributed by atoms with Gasteiger partial charge in [0.2, 0.25) is 0 Å². The molecule has 4 fully saturated rings. The minimum atomic E-state index is -1.29. The predicted molar refractivity (Wildman–Crippen MR) is 174 cm³/mol. The monoisotopic (exact) mass is 614 g/mol. The maximum atomic E-state index is 14.2. The maximum Gasteiger partial charge on any atom is 1.00 e. The molecule has 4 bridgehead atoms. The standard InChI is InChI=1S/C37H40N2O4S.Li/c1-23-5-3-4-6-29(23)32-18-24(8-10-31(32)35(41)39-33(36(42)43)12-14-44-2)7-9-28-22-38-13-11-30(28)34(40)37-19-25-15-26(20-37)17-27(16-25)21-37;/h3-11,13,18,22,25-27,33H,12,14-17,19-21H2,1-2H3,(H,39,41)(H,42,43);/q;+1/p-1/b9-7+;. The van der Waals surface area contributed by atoms with Gasteiger partial charge in [-0.15, -0.1) is 0 Å². The average molecular weight is 615 g/mol. The van der Waals surface area contributed by atoms with E-state index in [1.54, 1.807) is 18.5 Å². The van der Waals surface area contributed by atoms with E-state index < -0.39 is 17.9 Å². The van der Waals surface area contributed by atoms with Gasteiger partial charge in [0.05, 0.1) is 12.0 Å². The van der Waals surface area contributed by atoms with E-state index in [0.29, 0.717) is 34.6 Å². The van der Waals surface area contributed by atoms with Gasteiger partial charge in [0, 0.05) is 34.5 Å². The molecule has 1 atom stereocenters. The minimum Gasteiger partial charge on any atom is -0.548 e. The number of hydrogen-bond donors (Lipinski definition) is 1. The Morgan fingerprint density at radius 2 is 1.67 bits per heavy atom. The first-order valence-corrected chi connectivity index (χ1v) is 17.0. The number of nitrogens with zero attached hydrogens (tertiary/aromatic N) is 1. The van der Waals surface area contributed by atoms with Gasteiger partial charge in [-0.05, 0) is 122 Å². The molecule has 0 radical (unpaired) electrons. The number of amides is 1. The molecule has 4 aliphatic rings. The van der Waals surface area contributed by atoms with E-state index in [1.165, 1.54) is 31.0 Å². The second-order valence-electron chi connectivity index (χ2n) is 13.1. The first kappa shape index (κ1) is 33.3. The van der Waals surface area contributed by atoms with E-state index in [-0.39, 0.29) is 36.5 Å². The Labute approximate surface area is 282 Å². The summed E-state index contributed by atoms with van der Waals surface area (Å²) in [6.07, 6.45) is 16.5. The van der Waals surface area contributed by atoms with Crippen molar-refractivity contribution in [2.45, 2.75) is 57.9 Å². The number of pyridine rings is 1. The second kappa shape index (κ2) is 14.1. The third-order valence-corrected chi connectivity index (χ3v) is 10.6. The first-order valence-electron chi connectivity index (χ1n) is 15.6. The summed E-state index contributed by atoms with van der Waals surface area (Å²) < 4.78 is 0. The molecule has 8 heteroatoms. The van der Waals surface area contributed by atoms with E-state index in [1.807, 2.05) is 67.8 Å². The van der Waals surface area contributed by atoms with Crippen LogP contribution in [0, 0.1) is 30.1 Å². The molecule has 3 aromatic rings. The number of ketones is 1. The van der Waals surface area contributed by atoms with Gasteiger partial charge in [0.25, 0.3) is 5.91 Å². The van der Waals surface area contributed by atoms with Gasteiger partial charge in [-0.1, -0.05) is 42.5 Å². The van der Waals surface area contributed by atoms with Gasteiger partial charge < -0.3 is 15.2 Å². The topological polar surface area (TPSA) is 99.2 Å². The van der Waals surface area contributed by atoms with Crippen molar-refractivity contribution in [1.82, 2.24) is 10.3 Å². The third kappa shape index (κ3) is 7.01. The summed E-state index contributed by atoms with van der Waals surface area (Å²) >= 11 is 1.52. The second-order valence-corrected chi connectivity index (χ2v) is 14.1. The Kier molecular flexibility index (Phi) is 10.4. The zero-order valence-electron chi connectivity index (χ0n) is 26.4. The molecule has 0 saturated heterocycles. The Morgan fingerprint density at radius 3 is 2.31 bits per heavy atom. The van der Waals surface area contributed by atoms with Gasteiger partial charge in [-0.25, -0.2) is 0 Å². The van der Waals surface area contributed by atoms with E-state index >= 15 is 0 Å². The smallest absolute Gasteiger partial charge is 0.548 e. The Bertz CT molecular complexity index is 1580. The molecule has 7 rings (SSSR count). The van der Waals surface area contributed by atoms with Gasteiger partial charge in [-0.3, -0.25) is 14.6 Å². The van der Waals surface area contributed by atoms with E-state index in [4.69, 9.17) is 0 Å². The normalized spacial score (nSPS) is 23.8. The molecule has 2 aromatic carbocycles. The van der Waals surface area contributed by atoms with E-state index in [0.717, 1.165) is 47.1 Å². The van der Waals surface area contributed by atoms with Crippen molar-refractivity contribution in [3.05, 3.63) is 88.7 Å². The maximum absolute atomic E-state index is 14.2. The van der Waals surface area contributed by atoms with Gasteiger partial charge >= 0.3 is 18.9 Å². The van der Waals surface area contributed by atoms with E-state index in [9.17, 15) is 19.5 Å². The van der Waals surface area contributed by atoms with Crippen LogP contribution in [-0.4, -0.2) is 40.7 Å². The van der Waals surface area contributed by atoms with Crippen molar-refractivity contribution in [3.8, 4) is 11.1 Å². The van der Waals surface area contributed by atoms with Crippen LogP contribution in [-0.2, 0) is 4.79 Å². The van der Waals surface area contributed by atoms with Crippen LogP contribution in [0.25, 0.3) is 23.3 Å². The Morgan fingerprint density at radius 1 is 0.978 bits per heavy atom. The van der Waals surface area contributed by atoms with Crippen LogP contribution in [0.1, 0.15) is 82.4 Å². The first-order chi connectivity index (χ1) is 21.3. The summed E-state index contributed by atoms with van der Waals surface area (Å²) in [5.74, 6) is 1.19. The summed E-state index contributed by atoms with van der Waals surface area (Å²) in [5.41, 5.74) is 5.16. The van der Waals surface area contributed by atoms with Crippen LogP contribution in [0.15, 0.2) is 60.9 Å². The molecular formula is C37H39LiN2O4S. The number of carbonyl (C=O) groups excluding carboxylic acids is 3. The van der Waals surface area contributed by atoms with Crippen LogP contribution < -0.4 is 29.3 Å². The van der Waals surface area contributed by atoms with Crippen LogP contribution in [0.4, 0.5) is 0 Å². The quantitative estimate of drug-likeness (QED) is 0.263. The Balaban J connectivity index is 0.00000400. The van der Waals surface area contributed by atoms with Crippen LogP contribution in [0.5, 0.6) is 0 Å². The fourth-order valence-corrected chi connectivity index (χ4v) is 8.76. The summed E-state index contributed by atoms with van der Waals surface area (Å²) in [6.45, 7) is 1.99. The van der Waals surface area contributed by atoms with Crippen molar-refractivity contribution >= 4 is 41.6 Å². The number of aryl methyl sites for hydroxylation is 1. The fraction of sp³-hybridized carbons (Fsp3) is 0.405. The number of rotatable bonds is 11. The number of carboxylic acid groups (broad SMARTS) is 1. The van der Waals surface area contributed by atoms with Gasteiger partial charge in [0.15, 0.2) is 5.78 Å². The van der Waals surface area contributed by atoms with Crippen molar-refractivity contribution in [1.29, 1.82) is 0 Å². The van der Waals surface area contributed by atoms with Crippen molar-refractivity contribution in [3.63, 3.8) is 0 Å². The fourth-order valence-electron chi connectivity index (χ4n) is 8.29. The van der Waals surface area contributed by atoms with Gasteiger partial charge in [-0.2, -0.15) is 11.8 Å². The zero-order chi connectivity index (χ0) is 30.8. The van der Waals surface area contributed by atoms with Gasteiger partial charge in [0.1, 0.15) is 0 Å². The molecule has 1 amide bonds. The summed E-state index contributed by atoms with van der Waals surface area (Å²) in [4.78, 5) is 43.7. The number of aromatic nitrogens is 1. The number of carboxylic acids is 1. The Hall–Kier alpha value is -3.11. The molecule has 228 valence electrons. The third-order valence-electron chi connectivity index (χ3n) is 10.00. The molecule has 45 heavy (non-hydrogen) atoms. The van der Waals surface area contributed by atoms with Crippen molar-refractivity contribution < 1.29 is 38.4 Å². The van der Waals surface area contributed by atoms with Crippen molar-refractivity contribution in [2.24, 2.45) is 23.2 Å². The summed E-state index contributed by atoms with van der Waals surface area (Å²) in [6, 6.07) is 14.1. The molecule has 1 N–H and O–H groups in total. The molecular weight excluding hydrogens is 575 g/mol. The summed E-state index contributed by atoms with van der Waals surface area (Å²) in [5, 5.41) is 14.4. The SMILES string of the molecule is CSCCC(NC(=O)c1ccc(/C=C/c2cnccc2C(=O)C23CC4CC(CC(C4)C2)C3)cc1-c1ccccc1C)C(=O)[O-].[Li+]. The molecule has 0 aliphatic heterocycles. The van der Waals surface area contributed by atoms with Crippen molar-refractivity contribution in [2.75, 3.05) is 12.0 Å². The number of Topliss-reactive ketones (excluding diaryl/α,β-unsaturated/α-hetero) is 1. The van der Waals surface area contributed by atoms with Crippen LogP contribution in [0.3, 0.4) is 0 Å². The molecule has 0 spiro atoms. The van der Waals surface area contributed by atoms with Crippen LogP contribution >= 0.6 is 11.8 Å². The number of carbonyl (C=O) groups is 3. The molecule has 4 aliphatic carbocycles. The zero-order valence-corrected chi connectivity index (χ0v) is 27.2. The number of aliphatic carboxylic acids is 1. The van der Waals surface area contributed by atoms with E-state index in [2.05, 4.69) is 10.3 Å². The molecule has 6 nitrogen and oxygen atoms in total. The van der Waals surface area contributed by atoms with Crippen LogP contribution in [0.2, 0.25) is 0 Å². The number of hydrogen-bond acceptors (Lipinski definition) is 6. The number of thioether (sulfide) groups is 1. The minimum absolute atomic E-state index is 0. The largest absolute Gasteiger partial charge is 1.00 e. The average Bonchev–Trinajstić information content (AvgIpc) is 3.01. The summed E-state index contributed by atoms with van der Waals surface area (Å²) in [7, 11) is 0.